The van der Waals surface area contributed by atoms with Crippen molar-refractivity contribution in [1.82, 2.24) is 25.1 Å². The van der Waals surface area contributed by atoms with Crippen LogP contribution in [0.25, 0.3) is 16.9 Å². The second-order valence-electron chi connectivity index (χ2n) is 6.57. The summed E-state index contributed by atoms with van der Waals surface area (Å²) in [4.78, 5) is 32.3. The summed E-state index contributed by atoms with van der Waals surface area (Å²) in [5.74, 6) is 0.483. The highest BCUT2D eigenvalue weighted by Crippen LogP contribution is 2.20. The molecule has 1 aromatic carbocycles. The molecule has 1 aliphatic rings. The third kappa shape index (κ3) is 3.08. The van der Waals surface area contributed by atoms with Crippen LogP contribution in [-0.4, -0.2) is 37.5 Å². The van der Waals surface area contributed by atoms with E-state index < -0.39 is 0 Å². The van der Waals surface area contributed by atoms with Gasteiger partial charge in [0.1, 0.15) is 5.78 Å². The van der Waals surface area contributed by atoms with Gasteiger partial charge in [0.25, 0.3) is 11.9 Å². The van der Waals surface area contributed by atoms with E-state index >= 15 is 0 Å². The highest BCUT2D eigenvalue weighted by atomic mass is 16.1. The Labute approximate surface area is 150 Å². The number of fused-ring (bicyclic) bond motifs is 1. The first-order valence-electron chi connectivity index (χ1n) is 8.71. The van der Waals surface area contributed by atoms with Crippen LogP contribution in [0.15, 0.2) is 36.7 Å². The van der Waals surface area contributed by atoms with Crippen LogP contribution in [0.4, 0.5) is 0 Å². The Morgan fingerprint density at radius 3 is 2.58 bits per heavy atom. The van der Waals surface area contributed by atoms with Crippen molar-refractivity contribution in [1.29, 1.82) is 0 Å². The molecule has 1 fully saturated rings. The van der Waals surface area contributed by atoms with Crippen LogP contribution in [0.2, 0.25) is 0 Å². The van der Waals surface area contributed by atoms with E-state index in [9.17, 15) is 9.59 Å². The summed E-state index contributed by atoms with van der Waals surface area (Å²) in [7, 11) is 0. The van der Waals surface area contributed by atoms with E-state index in [4.69, 9.17) is 0 Å². The minimum atomic E-state index is -0.211. The normalized spacial score (nSPS) is 15.3. The number of Topliss-reactive ketones (excluding diaryl/α,β-unsaturated/α-hetero) is 1. The molecule has 0 spiro atoms. The number of nitrogens with one attached hydrogen (secondary N) is 1. The third-order valence-corrected chi connectivity index (χ3v) is 4.74. The Balaban J connectivity index is 1.53. The summed E-state index contributed by atoms with van der Waals surface area (Å²) < 4.78 is 1.68. The Morgan fingerprint density at radius 1 is 1.15 bits per heavy atom. The summed E-state index contributed by atoms with van der Waals surface area (Å²) in [6.45, 7) is 1.94. The van der Waals surface area contributed by atoms with Crippen molar-refractivity contribution in [3.8, 4) is 5.95 Å². The number of rotatable bonds is 3. The molecule has 3 aromatic rings. The molecule has 0 radical (unpaired) electrons. The number of aromatic nitrogens is 4. The summed E-state index contributed by atoms with van der Waals surface area (Å²) in [6.07, 6.45) is 5.48. The van der Waals surface area contributed by atoms with Crippen molar-refractivity contribution < 1.29 is 9.59 Å². The molecule has 0 saturated heterocycles. The zero-order valence-electron chi connectivity index (χ0n) is 14.5. The number of benzene rings is 1. The van der Waals surface area contributed by atoms with Gasteiger partial charge < -0.3 is 5.32 Å². The fourth-order valence-electron chi connectivity index (χ4n) is 3.28. The van der Waals surface area contributed by atoms with Crippen molar-refractivity contribution in [2.45, 2.75) is 38.6 Å². The molecule has 4 rings (SSSR count). The lowest BCUT2D eigenvalue weighted by Gasteiger charge is -2.21. The third-order valence-electron chi connectivity index (χ3n) is 4.74. The first-order chi connectivity index (χ1) is 12.6. The van der Waals surface area contributed by atoms with Crippen LogP contribution in [0.5, 0.6) is 0 Å². The molecular formula is C19H19N5O2. The average molecular weight is 349 g/mol. The highest BCUT2D eigenvalue weighted by Gasteiger charge is 2.21. The molecule has 7 heteroatoms. The summed E-state index contributed by atoms with van der Waals surface area (Å²) in [5.41, 5.74) is 2.23. The minimum absolute atomic E-state index is 0.0394. The number of amides is 1. The maximum atomic E-state index is 12.4. The Morgan fingerprint density at radius 2 is 1.85 bits per heavy atom. The number of aryl methyl sites for hydroxylation is 1. The molecule has 1 saturated carbocycles. The van der Waals surface area contributed by atoms with E-state index in [-0.39, 0.29) is 17.7 Å². The number of hydrogen-bond donors (Lipinski definition) is 1. The monoisotopic (exact) mass is 349 g/mol. The maximum Gasteiger partial charge on any atom is 0.254 e. The lowest BCUT2D eigenvalue weighted by Crippen LogP contribution is -2.37. The molecule has 1 amide bonds. The fourth-order valence-corrected chi connectivity index (χ4v) is 3.28. The van der Waals surface area contributed by atoms with Gasteiger partial charge in [-0.3, -0.25) is 9.59 Å². The second-order valence-corrected chi connectivity index (χ2v) is 6.57. The number of nitrogens with zero attached hydrogens (tertiary/aromatic N) is 4. The first-order valence-corrected chi connectivity index (χ1v) is 8.71. The van der Waals surface area contributed by atoms with Crippen molar-refractivity contribution >= 4 is 22.6 Å². The van der Waals surface area contributed by atoms with E-state index in [2.05, 4.69) is 20.4 Å². The van der Waals surface area contributed by atoms with Crippen LogP contribution < -0.4 is 5.32 Å². The molecule has 1 N–H and O–H groups in total. The quantitative estimate of drug-likeness (QED) is 0.784. The summed E-state index contributed by atoms with van der Waals surface area (Å²) in [6, 6.07) is 7.91. The smallest absolute Gasteiger partial charge is 0.254 e. The number of hydrogen-bond acceptors (Lipinski definition) is 5. The largest absolute Gasteiger partial charge is 0.349 e. The molecule has 0 atom stereocenters. The van der Waals surface area contributed by atoms with Gasteiger partial charge in [-0.05, 0) is 25.8 Å². The zero-order valence-corrected chi connectivity index (χ0v) is 14.5. The molecule has 132 valence electrons. The molecule has 2 aromatic heterocycles. The van der Waals surface area contributed by atoms with Crippen LogP contribution in [0.1, 0.15) is 41.7 Å². The molecule has 26 heavy (non-hydrogen) atoms. The number of ketones is 1. The van der Waals surface area contributed by atoms with Gasteiger partial charge in [-0.15, -0.1) is 0 Å². The van der Waals surface area contributed by atoms with Gasteiger partial charge in [-0.25, -0.2) is 9.97 Å². The van der Waals surface area contributed by atoms with E-state index in [0.29, 0.717) is 37.2 Å². The van der Waals surface area contributed by atoms with Gasteiger partial charge in [0.05, 0.1) is 16.8 Å². The van der Waals surface area contributed by atoms with E-state index in [0.717, 1.165) is 16.6 Å². The number of para-hydroxylation sites is 1. The van der Waals surface area contributed by atoms with Gasteiger partial charge in [0.2, 0.25) is 0 Å². The molecular weight excluding hydrogens is 330 g/mol. The van der Waals surface area contributed by atoms with Gasteiger partial charge in [-0.1, -0.05) is 18.2 Å². The van der Waals surface area contributed by atoms with Crippen molar-refractivity contribution in [2.24, 2.45) is 0 Å². The van der Waals surface area contributed by atoms with Crippen LogP contribution in [0, 0.1) is 6.92 Å². The lowest BCUT2D eigenvalue weighted by atomic mass is 9.94. The summed E-state index contributed by atoms with van der Waals surface area (Å²) >= 11 is 0. The van der Waals surface area contributed by atoms with Crippen molar-refractivity contribution in [3.05, 3.63) is 47.9 Å². The summed E-state index contributed by atoms with van der Waals surface area (Å²) in [5, 5.41) is 8.50. The van der Waals surface area contributed by atoms with Crippen LogP contribution in [-0.2, 0) is 4.79 Å². The average Bonchev–Trinajstić information content (AvgIpc) is 3.01. The van der Waals surface area contributed by atoms with Gasteiger partial charge in [-0.2, -0.15) is 9.78 Å². The Kier molecular flexibility index (Phi) is 4.20. The number of carbonyl (C=O) groups is 2. The van der Waals surface area contributed by atoms with Crippen LogP contribution >= 0.6 is 0 Å². The van der Waals surface area contributed by atoms with Crippen molar-refractivity contribution in [3.63, 3.8) is 0 Å². The van der Waals surface area contributed by atoms with Crippen LogP contribution in [0.3, 0.4) is 0 Å². The standard InChI is InChI=1S/C19H19N5O2/c1-12-16-4-2-3-5-17(16)24(23-12)19-20-10-13(11-21-19)18(26)22-14-6-8-15(25)9-7-14/h2-5,10-11,14H,6-9H2,1H3,(H,22,26). The van der Waals surface area contributed by atoms with Gasteiger partial charge in [0, 0.05) is 36.7 Å². The van der Waals surface area contributed by atoms with E-state index in [1.807, 2.05) is 31.2 Å². The second kappa shape index (κ2) is 6.67. The Bertz CT molecular complexity index is 967. The molecule has 0 unspecified atom stereocenters. The van der Waals surface area contributed by atoms with Gasteiger partial charge >= 0.3 is 0 Å². The van der Waals surface area contributed by atoms with Crippen molar-refractivity contribution in [2.75, 3.05) is 0 Å². The van der Waals surface area contributed by atoms with E-state index in [1.54, 1.807) is 4.68 Å². The number of carbonyl (C=O) groups excluding carboxylic acids is 2. The first kappa shape index (κ1) is 16.4. The fraction of sp³-hybridized carbons (Fsp3) is 0.316. The molecule has 2 heterocycles. The zero-order chi connectivity index (χ0) is 18.1. The molecule has 0 aliphatic heterocycles. The van der Waals surface area contributed by atoms with E-state index in [1.165, 1.54) is 12.4 Å². The molecule has 0 bridgehead atoms. The lowest BCUT2D eigenvalue weighted by molar-refractivity contribution is -0.120. The molecule has 7 nitrogen and oxygen atoms in total. The maximum absolute atomic E-state index is 12.4. The SMILES string of the molecule is Cc1nn(-c2ncc(C(=O)NC3CCC(=O)CC3)cn2)c2ccccc12. The topological polar surface area (TPSA) is 89.8 Å². The predicted molar refractivity (Wildman–Crippen MR) is 96.1 cm³/mol. The highest BCUT2D eigenvalue weighted by molar-refractivity contribution is 5.94. The predicted octanol–water partition coefficient (Wildman–Crippen LogP) is 2.37. The Hall–Kier alpha value is -3.09. The minimum Gasteiger partial charge on any atom is -0.349 e. The van der Waals surface area contributed by atoms with Gasteiger partial charge in [0.15, 0.2) is 0 Å². The molecule has 1 aliphatic carbocycles.